The van der Waals surface area contributed by atoms with Gasteiger partial charge in [0.25, 0.3) is 0 Å². The van der Waals surface area contributed by atoms with Crippen LogP contribution in [0.15, 0.2) is 42.6 Å². The highest BCUT2D eigenvalue weighted by Gasteiger charge is 2.03. The van der Waals surface area contributed by atoms with Crippen LogP contribution in [-0.4, -0.2) is 50.0 Å². The molecule has 0 radical (unpaired) electrons. The Balaban J connectivity index is 0.000000390. The first-order valence-electron chi connectivity index (χ1n) is 9.43. The van der Waals surface area contributed by atoms with Crippen molar-refractivity contribution in [3.63, 3.8) is 0 Å². The number of hydrogen-bond acceptors (Lipinski definition) is 6. The molecule has 0 bridgehead atoms. The van der Waals surface area contributed by atoms with Crippen LogP contribution in [0.3, 0.4) is 0 Å². The molecule has 1 aliphatic rings. The summed E-state index contributed by atoms with van der Waals surface area (Å²) in [7, 11) is 3.79. The summed E-state index contributed by atoms with van der Waals surface area (Å²) in [5, 5.41) is 5.46. The van der Waals surface area contributed by atoms with Crippen LogP contribution in [0.5, 0.6) is 5.75 Å². The van der Waals surface area contributed by atoms with E-state index in [1.165, 1.54) is 32.4 Å². The number of aromatic nitrogens is 1. The van der Waals surface area contributed by atoms with E-state index >= 15 is 0 Å². The van der Waals surface area contributed by atoms with Gasteiger partial charge < -0.3 is 30.8 Å². The van der Waals surface area contributed by atoms with Crippen molar-refractivity contribution in [2.45, 2.75) is 25.8 Å². The largest absolute Gasteiger partial charge is 0.497 e. The number of likely N-dealkylation sites (tertiary alicyclic amines) is 1. The molecule has 4 N–H and O–H groups in total. The lowest BCUT2D eigenvalue weighted by molar-refractivity contribution is -0.0980. The number of amides is 2. The zero-order valence-electron chi connectivity index (χ0n) is 17.2. The number of piperidine rings is 1. The number of pyridine rings is 1. The lowest BCUT2D eigenvalue weighted by Crippen LogP contribution is -2.28. The highest BCUT2D eigenvalue weighted by atomic mass is 16.5. The fourth-order valence-corrected chi connectivity index (χ4v) is 2.62. The average Bonchev–Trinajstić information content (AvgIpc) is 2.76. The Morgan fingerprint density at radius 2 is 1.79 bits per heavy atom. The number of carbonyl (C=O) groups excluding carboxylic acids is 2. The van der Waals surface area contributed by atoms with Crippen LogP contribution >= 0.6 is 0 Å². The van der Waals surface area contributed by atoms with E-state index in [9.17, 15) is 4.79 Å². The number of hydrogen-bond donors (Lipinski definition) is 3. The summed E-state index contributed by atoms with van der Waals surface area (Å²) >= 11 is 0. The Hall–Kier alpha value is -3.13. The van der Waals surface area contributed by atoms with Crippen LogP contribution in [-0.2, 0) is 11.3 Å². The van der Waals surface area contributed by atoms with Gasteiger partial charge in [-0.15, -0.1) is 0 Å². The highest BCUT2D eigenvalue weighted by molar-refractivity contribution is 5.89. The van der Waals surface area contributed by atoms with E-state index in [0.717, 1.165) is 11.3 Å². The van der Waals surface area contributed by atoms with Crippen LogP contribution in [0.1, 0.15) is 24.8 Å². The molecular formula is C21H31N5O3. The number of nitrogens with zero attached hydrogens (tertiary/aromatic N) is 2. The molecule has 29 heavy (non-hydrogen) atoms. The van der Waals surface area contributed by atoms with Crippen molar-refractivity contribution >= 4 is 24.3 Å². The summed E-state index contributed by atoms with van der Waals surface area (Å²) in [4.78, 5) is 26.1. The van der Waals surface area contributed by atoms with E-state index in [0.29, 0.717) is 18.1 Å². The van der Waals surface area contributed by atoms with Crippen molar-refractivity contribution in [1.29, 1.82) is 0 Å². The highest BCUT2D eigenvalue weighted by Crippen LogP contribution is 2.14. The van der Waals surface area contributed by atoms with Crippen LogP contribution in [0, 0.1) is 0 Å². The third-order valence-electron chi connectivity index (χ3n) is 4.23. The van der Waals surface area contributed by atoms with Gasteiger partial charge in [0.05, 0.1) is 7.11 Å². The van der Waals surface area contributed by atoms with Crippen molar-refractivity contribution in [2.75, 3.05) is 38.3 Å². The van der Waals surface area contributed by atoms with E-state index in [-0.39, 0.29) is 6.03 Å². The number of nitrogen functional groups attached to an aromatic ring is 1. The maximum absolute atomic E-state index is 11.7. The van der Waals surface area contributed by atoms with Crippen LogP contribution in [0.4, 0.5) is 16.3 Å². The minimum Gasteiger partial charge on any atom is -0.497 e. The van der Waals surface area contributed by atoms with Gasteiger partial charge in [-0.1, -0.05) is 12.5 Å². The van der Waals surface area contributed by atoms with Crippen LogP contribution in [0.2, 0.25) is 0 Å². The number of benzene rings is 1. The maximum atomic E-state index is 11.7. The zero-order chi connectivity index (χ0) is 21.5. The molecule has 0 spiro atoms. The topological polar surface area (TPSA) is 110 Å². The number of rotatable bonds is 4. The van der Waals surface area contributed by atoms with Crippen LogP contribution < -0.4 is 21.1 Å². The molecule has 8 nitrogen and oxygen atoms in total. The summed E-state index contributed by atoms with van der Waals surface area (Å²) in [5.41, 5.74) is 7.06. The van der Waals surface area contributed by atoms with Crippen molar-refractivity contribution < 1.29 is 14.3 Å². The van der Waals surface area contributed by atoms with Gasteiger partial charge in [0.1, 0.15) is 18.4 Å². The molecule has 2 amide bonds. The number of methoxy groups -OCH3 is 1. The minimum atomic E-state index is -0.285. The predicted molar refractivity (Wildman–Crippen MR) is 116 cm³/mol. The summed E-state index contributed by atoms with van der Waals surface area (Å²) in [6.45, 7) is 5.02. The van der Waals surface area contributed by atoms with E-state index in [4.69, 9.17) is 15.3 Å². The number of ether oxygens (including phenoxy) is 1. The second-order valence-electron chi connectivity index (χ2n) is 6.49. The fourth-order valence-electron chi connectivity index (χ4n) is 2.62. The summed E-state index contributed by atoms with van der Waals surface area (Å²) < 4.78 is 5.04. The molecule has 0 aliphatic carbocycles. The molecule has 3 rings (SSSR count). The third kappa shape index (κ3) is 10.1. The summed E-state index contributed by atoms with van der Waals surface area (Å²) in [6, 6.07) is 10.3. The summed E-state index contributed by atoms with van der Waals surface area (Å²) in [6.07, 6.45) is 5.90. The number of nitrogens with two attached hydrogens (primary N) is 1. The first-order chi connectivity index (χ1) is 14.1. The molecule has 0 saturated carbocycles. The average molecular weight is 402 g/mol. The Bertz CT molecular complexity index is 701. The Morgan fingerprint density at radius 3 is 2.28 bits per heavy atom. The quantitative estimate of drug-likeness (QED) is 0.727. The molecule has 1 saturated heterocycles. The predicted octanol–water partition coefficient (Wildman–Crippen LogP) is 2.91. The molecule has 2 aromatic rings. The number of carbonyl (C=O) groups is 2. The summed E-state index contributed by atoms with van der Waals surface area (Å²) in [5.74, 6) is 1.19. The minimum absolute atomic E-state index is 0.285. The van der Waals surface area contributed by atoms with E-state index in [1.54, 1.807) is 43.6 Å². The standard InChI is InChI=1S/C14H16N4O2.C6H13N.CH2O/c1-20-12-5-3-11(4-6-12)18-14(19)17-9-10-2-7-13(15)16-8-10;1-7-5-3-2-4-6-7;1-2/h2-8H,9H2,1H3,(H2,15,16)(H2,17,18,19);2-6H2,1H3;1H2. The van der Waals surface area contributed by atoms with Gasteiger partial charge in [-0.3, -0.25) is 0 Å². The normalized spacial score (nSPS) is 13.0. The van der Waals surface area contributed by atoms with E-state index in [2.05, 4.69) is 27.6 Å². The molecule has 0 atom stereocenters. The Labute approximate surface area is 172 Å². The second-order valence-corrected chi connectivity index (χ2v) is 6.49. The molecule has 1 aliphatic heterocycles. The van der Waals surface area contributed by atoms with Gasteiger partial charge in [0, 0.05) is 18.4 Å². The van der Waals surface area contributed by atoms with Crippen molar-refractivity contribution in [3.05, 3.63) is 48.2 Å². The molecule has 0 unspecified atom stereocenters. The fraction of sp³-hybridized carbons (Fsp3) is 0.381. The molecule has 8 heteroatoms. The van der Waals surface area contributed by atoms with E-state index < -0.39 is 0 Å². The maximum Gasteiger partial charge on any atom is 0.319 e. The van der Waals surface area contributed by atoms with Gasteiger partial charge in [-0.25, -0.2) is 9.78 Å². The van der Waals surface area contributed by atoms with Crippen molar-refractivity contribution in [2.24, 2.45) is 0 Å². The first-order valence-corrected chi connectivity index (χ1v) is 9.43. The molecule has 2 heterocycles. The third-order valence-corrected chi connectivity index (χ3v) is 4.23. The molecular weight excluding hydrogens is 370 g/mol. The van der Waals surface area contributed by atoms with Crippen LogP contribution in [0.25, 0.3) is 0 Å². The number of anilines is 2. The zero-order valence-corrected chi connectivity index (χ0v) is 17.2. The molecule has 1 aromatic carbocycles. The van der Waals surface area contributed by atoms with Gasteiger partial charge in [-0.05, 0) is 68.9 Å². The van der Waals surface area contributed by atoms with Crippen molar-refractivity contribution in [1.82, 2.24) is 15.2 Å². The van der Waals surface area contributed by atoms with E-state index in [1.807, 2.05) is 12.9 Å². The van der Waals surface area contributed by atoms with Gasteiger partial charge >= 0.3 is 6.03 Å². The monoisotopic (exact) mass is 401 g/mol. The molecule has 158 valence electrons. The second kappa shape index (κ2) is 14.0. The number of urea groups is 1. The Kier molecular flexibility index (Phi) is 11.5. The SMILES string of the molecule is C=O.CN1CCCCC1.COc1ccc(NC(=O)NCc2ccc(N)nc2)cc1. The van der Waals surface area contributed by atoms with Gasteiger partial charge in [-0.2, -0.15) is 0 Å². The van der Waals surface area contributed by atoms with Gasteiger partial charge in [0.2, 0.25) is 0 Å². The number of nitrogens with one attached hydrogen (secondary N) is 2. The smallest absolute Gasteiger partial charge is 0.319 e. The molecule has 1 aromatic heterocycles. The lowest BCUT2D eigenvalue weighted by Gasteiger charge is -2.20. The molecule has 1 fully saturated rings. The van der Waals surface area contributed by atoms with Crippen molar-refractivity contribution in [3.8, 4) is 5.75 Å². The van der Waals surface area contributed by atoms with Gasteiger partial charge in [0.15, 0.2) is 0 Å². The lowest BCUT2D eigenvalue weighted by atomic mass is 10.1. The first kappa shape index (κ1) is 23.9. The Morgan fingerprint density at radius 1 is 1.14 bits per heavy atom.